The third kappa shape index (κ3) is 4.18. The minimum absolute atomic E-state index is 0.0792. The third-order valence-corrected chi connectivity index (χ3v) is 7.76. The summed E-state index contributed by atoms with van der Waals surface area (Å²) in [5, 5.41) is 0.212. The van der Waals surface area contributed by atoms with Crippen molar-refractivity contribution in [3.05, 3.63) is 51.9 Å². The third-order valence-electron chi connectivity index (χ3n) is 6.58. The molecule has 1 atom stereocenters. The lowest BCUT2D eigenvalue weighted by Crippen LogP contribution is -2.51. The van der Waals surface area contributed by atoms with Crippen LogP contribution >= 0.6 is 11.8 Å². The quantitative estimate of drug-likeness (QED) is 0.454. The molecule has 0 bridgehead atoms. The molecule has 3 aromatic rings. The van der Waals surface area contributed by atoms with Crippen LogP contribution in [0.3, 0.4) is 0 Å². The van der Waals surface area contributed by atoms with Crippen LogP contribution in [0.4, 0.5) is 27.8 Å². The van der Waals surface area contributed by atoms with E-state index in [2.05, 4.69) is 9.88 Å². The molecule has 0 unspecified atom stereocenters. The van der Waals surface area contributed by atoms with Gasteiger partial charge in [0.15, 0.2) is 0 Å². The van der Waals surface area contributed by atoms with Crippen LogP contribution in [0.25, 0.3) is 22.0 Å². The summed E-state index contributed by atoms with van der Waals surface area (Å²) in [6.45, 7) is 4.07. The Balaban J connectivity index is 1.91. The van der Waals surface area contributed by atoms with Gasteiger partial charge in [-0.05, 0) is 44.3 Å². The van der Waals surface area contributed by atoms with Gasteiger partial charge in [0.25, 0.3) is 0 Å². The Hall–Kier alpha value is -2.66. The summed E-state index contributed by atoms with van der Waals surface area (Å²) < 4.78 is 73.3. The second kappa shape index (κ2) is 8.77. The molecule has 1 saturated heterocycles. The maximum absolute atomic E-state index is 14.9. The number of hydrogen-bond acceptors (Lipinski definition) is 5. The molecule has 2 aliphatic rings. The number of rotatable bonds is 2. The number of likely N-dealkylation sites (N-methyl/N-ethyl adjacent to an activating group) is 1. The molecule has 5 nitrogen and oxygen atoms in total. The summed E-state index contributed by atoms with van der Waals surface area (Å²) in [5.41, 5.74) is -1.98. The molecule has 2 aromatic carbocycles. The number of benzene rings is 2. The summed E-state index contributed by atoms with van der Waals surface area (Å²) in [5.74, 6) is -1.33. The van der Waals surface area contributed by atoms with Crippen molar-refractivity contribution in [3.8, 4) is 11.1 Å². The molecule has 1 aromatic heterocycles. The second-order valence-corrected chi connectivity index (χ2v) is 10.1. The van der Waals surface area contributed by atoms with E-state index in [-0.39, 0.29) is 39.8 Å². The van der Waals surface area contributed by atoms with Crippen LogP contribution < -0.4 is 10.6 Å². The SMILES string of the molecule is C[C@H]1CN(C)CCN1c1nc(=O)n2c3c(c(-c4ccc(F)cc4F)c(C(F)(F)F)cc13)SCCC2. The lowest BCUT2D eigenvalue weighted by molar-refractivity contribution is -0.137. The number of hydrogen-bond donors (Lipinski definition) is 0. The first-order valence-electron chi connectivity index (χ1n) is 11.3. The molecule has 0 saturated carbocycles. The Morgan fingerprint density at radius 2 is 1.89 bits per heavy atom. The van der Waals surface area contributed by atoms with Gasteiger partial charge in [-0.1, -0.05) is 0 Å². The van der Waals surface area contributed by atoms with E-state index < -0.39 is 29.1 Å². The molecular formula is C24H23F5N4OS. The first-order chi connectivity index (χ1) is 16.6. The van der Waals surface area contributed by atoms with Crippen molar-refractivity contribution in [3.63, 3.8) is 0 Å². The monoisotopic (exact) mass is 510 g/mol. The number of thioether (sulfide) groups is 1. The maximum Gasteiger partial charge on any atom is 0.417 e. The fourth-order valence-corrected chi connectivity index (χ4v) is 6.19. The van der Waals surface area contributed by atoms with Gasteiger partial charge in [0.1, 0.15) is 17.5 Å². The first-order valence-corrected chi connectivity index (χ1v) is 12.3. The number of anilines is 1. The molecule has 0 amide bonds. The van der Waals surface area contributed by atoms with Crippen LogP contribution in [-0.4, -0.2) is 52.9 Å². The van der Waals surface area contributed by atoms with Crippen molar-refractivity contribution in [2.24, 2.45) is 0 Å². The van der Waals surface area contributed by atoms with Crippen LogP contribution in [0.2, 0.25) is 0 Å². The van der Waals surface area contributed by atoms with Crippen molar-refractivity contribution in [2.45, 2.75) is 37.0 Å². The Morgan fingerprint density at radius 3 is 2.57 bits per heavy atom. The average Bonchev–Trinajstić information content (AvgIpc) is 3.00. The Bertz CT molecular complexity index is 1370. The van der Waals surface area contributed by atoms with Gasteiger partial charge in [-0.2, -0.15) is 18.2 Å². The van der Waals surface area contributed by atoms with Gasteiger partial charge in [-0.15, -0.1) is 11.8 Å². The highest BCUT2D eigenvalue weighted by molar-refractivity contribution is 7.99. The predicted octanol–water partition coefficient (Wildman–Crippen LogP) is 5.00. The second-order valence-electron chi connectivity index (χ2n) is 9.02. The fourth-order valence-electron chi connectivity index (χ4n) is 4.99. The van der Waals surface area contributed by atoms with Crippen molar-refractivity contribution in [1.29, 1.82) is 0 Å². The summed E-state index contributed by atoms with van der Waals surface area (Å²) in [6.07, 6.45) is -4.29. The summed E-state index contributed by atoms with van der Waals surface area (Å²) in [4.78, 5) is 21.5. The summed E-state index contributed by atoms with van der Waals surface area (Å²) in [7, 11) is 1.96. The van der Waals surface area contributed by atoms with Crippen molar-refractivity contribution >= 4 is 28.5 Å². The lowest BCUT2D eigenvalue weighted by Gasteiger charge is -2.39. The van der Waals surface area contributed by atoms with Crippen LogP contribution in [0, 0.1) is 11.6 Å². The van der Waals surface area contributed by atoms with Crippen LogP contribution in [0.5, 0.6) is 0 Å². The van der Waals surface area contributed by atoms with Gasteiger partial charge < -0.3 is 9.80 Å². The highest BCUT2D eigenvalue weighted by Crippen LogP contribution is 2.48. The molecule has 0 spiro atoms. The van der Waals surface area contributed by atoms with Crippen LogP contribution in [-0.2, 0) is 12.7 Å². The molecule has 35 heavy (non-hydrogen) atoms. The van der Waals surface area contributed by atoms with Gasteiger partial charge in [0.05, 0.1) is 11.1 Å². The number of aryl methyl sites for hydroxylation is 1. The van der Waals surface area contributed by atoms with Crippen molar-refractivity contribution in [1.82, 2.24) is 14.5 Å². The van der Waals surface area contributed by atoms with E-state index in [1.807, 2.05) is 18.9 Å². The van der Waals surface area contributed by atoms with Gasteiger partial charge in [0, 0.05) is 59.7 Å². The minimum Gasteiger partial charge on any atom is -0.351 e. The van der Waals surface area contributed by atoms with Gasteiger partial charge in [-0.3, -0.25) is 4.57 Å². The molecule has 5 rings (SSSR count). The number of halogens is 5. The highest BCUT2D eigenvalue weighted by Gasteiger charge is 2.39. The molecule has 0 aliphatic carbocycles. The van der Waals surface area contributed by atoms with E-state index in [4.69, 9.17) is 0 Å². The molecule has 0 radical (unpaired) electrons. The highest BCUT2D eigenvalue weighted by atomic mass is 32.2. The summed E-state index contributed by atoms with van der Waals surface area (Å²) in [6, 6.07) is 3.44. The average molecular weight is 511 g/mol. The number of piperazine rings is 1. The topological polar surface area (TPSA) is 41.4 Å². The number of alkyl halides is 3. The lowest BCUT2D eigenvalue weighted by atomic mass is 9.95. The summed E-state index contributed by atoms with van der Waals surface area (Å²) >= 11 is 1.16. The van der Waals surface area contributed by atoms with E-state index in [0.717, 1.165) is 30.0 Å². The van der Waals surface area contributed by atoms with E-state index in [0.29, 0.717) is 43.4 Å². The molecule has 3 heterocycles. The molecule has 186 valence electrons. The van der Waals surface area contributed by atoms with E-state index >= 15 is 0 Å². The zero-order valence-electron chi connectivity index (χ0n) is 19.1. The Labute approximate surface area is 202 Å². The Morgan fingerprint density at radius 1 is 1.11 bits per heavy atom. The Kier molecular flexibility index (Phi) is 6.03. The normalized spacial score (nSPS) is 19.3. The fraction of sp³-hybridized carbons (Fsp3) is 0.417. The van der Waals surface area contributed by atoms with Crippen LogP contribution in [0.1, 0.15) is 18.9 Å². The van der Waals surface area contributed by atoms with Gasteiger partial charge >= 0.3 is 11.9 Å². The largest absolute Gasteiger partial charge is 0.417 e. The maximum atomic E-state index is 14.9. The first kappa shape index (κ1) is 24.1. The zero-order valence-corrected chi connectivity index (χ0v) is 19.9. The zero-order chi connectivity index (χ0) is 25.1. The van der Waals surface area contributed by atoms with E-state index in [9.17, 15) is 26.7 Å². The van der Waals surface area contributed by atoms with Crippen LogP contribution in [0.15, 0.2) is 34.0 Å². The van der Waals surface area contributed by atoms with Crippen molar-refractivity contribution in [2.75, 3.05) is 37.3 Å². The predicted molar refractivity (Wildman–Crippen MR) is 126 cm³/mol. The number of aromatic nitrogens is 2. The number of nitrogens with zero attached hydrogens (tertiary/aromatic N) is 4. The molecule has 2 aliphatic heterocycles. The van der Waals surface area contributed by atoms with E-state index in [1.165, 1.54) is 4.57 Å². The molecule has 11 heteroatoms. The van der Waals surface area contributed by atoms with E-state index in [1.54, 1.807) is 0 Å². The van der Waals surface area contributed by atoms with Crippen molar-refractivity contribution < 1.29 is 22.0 Å². The smallest absolute Gasteiger partial charge is 0.351 e. The van der Waals surface area contributed by atoms with Gasteiger partial charge in [0.2, 0.25) is 0 Å². The minimum atomic E-state index is -4.82. The van der Waals surface area contributed by atoms with Gasteiger partial charge in [-0.25, -0.2) is 13.6 Å². The molecular weight excluding hydrogens is 487 g/mol. The molecule has 0 N–H and O–H groups in total. The standard InChI is InChI=1S/C24H23F5N4OS/c1-13-12-31(2)7-8-32(13)22-16-11-17(24(27,28)29)19(15-5-4-14(25)10-18(15)26)21-20(16)33(23(34)30-22)6-3-9-35-21/h4-5,10-11,13H,3,6-9,12H2,1-2H3/t13-/m0/s1. The molecule has 1 fully saturated rings.